The van der Waals surface area contributed by atoms with Gasteiger partial charge in [0.05, 0.1) is 5.75 Å². The number of ether oxygens (including phenoxy) is 1. The quantitative estimate of drug-likeness (QED) is 0.687. The van der Waals surface area contributed by atoms with Crippen LogP contribution < -0.4 is 0 Å². The largest absolute Gasteiger partial charge is 0.463 e. The first-order chi connectivity index (χ1) is 10.1. The zero-order valence-electron chi connectivity index (χ0n) is 13.2. The van der Waals surface area contributed by atoms with Gasteiger partial charge < -0.3 is 14.1 Å². The van der Waals surface area contributed by atoms with Gasteiger partial charge in [-0.2, -0.15) is 0 Å². The van der Waals surface area contributed by atoms with Gasteiger partial charge in [0, 0.05) is 19.8 Å². The van der Waals surface area contributed by atoms with Crippen LogP contribution in [0.25, 0.3) is 0 Å². The number of rotatable bonds is 8. The van der Waals surface area contributed by atoms with Crippen LogP contribution in [0.1, 0.15) is 48.6 Å². The first-order valence-electron chi connectivity index (χ1n) is 7.69. The molecule has 0 spiro atoms. The van der Waals surface area contributed by atoms with Crippen molar-refractivity contribution in [3.05, 3.63) is 23.2 Å². The van der Waals surface area contributed by atoms with Crippen LogP contribution in [0.15, 0.2) is 10.5 Å². The van der Waals surface area contributed by atoms with Crippen LogP contribution in [-0.2, 0) is 9.53 Å². The number of unbranched alkanes of at least 4 members (excludes halogenated alkanes) is 1. The zero-order chi connectivity index (χ0) is 15.2. The SMILES string of the molecule is CCCCOCCCN1C(=O)CSC1c1cc(C)c(C)o1. The smallest absolute Gasteiger partial charge is 0.233 e. The molecule has 1 aromatic rings. The predicted octanol–water partition coefficient (Wildman–Crippen LogP) is 3.68. The molecule has 0 radical (unpaired) electrons. The fourth-order valence-electron chi connectivity index (χ4n) is 2.34. The molecule has 0 aliphatic carbocycles. The third kappa shape index (κ3) is 4.27. The Morgan fingerprint density at radius 2 is 2.14 bits per heavy atom. The molecule has 1 atom stereocenters. The number of hydrogen-bond acceptors (Lipinski definition) is 4. The number of nitrogens with zero attached hydrogens (tertiary/aromatic N) is 1. The Bertz CT molecular complexity index is 453. The van der Waals surface area contributed by atoms with Crippen LogP contribution in [-0.4, -0.2) is 36.3 Å². The van der Waals surface area contributed by atoms with E-state index in [-0.39, 0.29) is 11.3 Å². The third-order valence-electron chi connectivity index (χ3n) is 3.73. The number of carbonyl (C=O) groups is 1. The van der Waals surface area contributed by atoms with Crippen molar-refractivity contribution in [1.29, 1.82) is 0 Å². The number of aryl methyl sites for hydroxylation is 2. The van der Waals surface area contributed by atoms with E-state index in [0.717, 1.165) is 56.1 Å². The molecule has 1 aliphatic heterocycles. The zero-order valence-corrected chi connectivity index (χ0v) is 14.0. The molecule has 0 aromatic carbocycles. The summed E-state index contributed by atoms with van der Waals surface area (Å²) in [6.45, 7) is 8.43. The number of carbonyl (C=O) groups excluding carboxylic acids is 1. The van der Waals surface area contributed by atoms with E-state index in [2.05, 4.69) is 13.0 Å². The molecule has 0 bridgehead atoms. The Morgan fingerprint density at radius 1 is 1.38 bits per heavy atom. The van der Waals surface area contributed by atoms with Crippen molar-refractivity contribution in [1.82, 2.24) is 4.90 Å². The van der Waals surface area contributed by atoms with Gasteiger partial charge in [0.2, 0.25) is 5.91 Å². The summed E-state index contributed by atoms with van der Waals surface area (Å²) < 4.78 is 11.4. The Balaban J connectivity index is 1.85. The van der Waals surface area contributed by atoms with E-state index >= 15 is 0 Å². The second-order valence-electron chi connectivity index (χ2n) is 5.46. The van der Waals surface area contributed by atoms with E-state index in [1.54, 1.807) is 11.8 Å². The van der Waals surface area contributed by atoms with Gasteiger partial charge in [0.1, 0.15) is 16.9 Å². The lowest BCUT2D eigenvalue weighted by molar-refractivity contribution is -0.128. The summed E-state index contributed by atoms with van der Waals surface area (Å²) in [7, 11) is 0. The van der Waals surface area contributed by atoms with Gasteiger partial charge in [0.15, 0.2) is 0 Å². The summed E-state index contributed by atoms with van der Waals surface area (Å²) in [5, 5.41) is 0.0283. The minimum absolute atomic E-state index is 0.0283. The highest BCUT2D eigenvalue weighted by atomic mass is 32.2. The average Bonchev–Trinajstić information content (AvgIpc) is 2.98. The number of hydrogen-bond donors (Lipinski definition) is 0. The molecule has 0 N–H and O–H groups in total. The van der Waals surface area contributed by atoms with Gasteiger partial charge >= 0.3 is 0 Å². The molecule has 21 heavy (non-hydrogen) atoms. The van der Waals surface area contributed by atoms with Crippen LogP contribution in [0.3, 0.4) is 0 Å². The molecule has 1 fully saturated rings. The van der Waals surface area contributed by atoms with Crippen molar-refractivity contribution >= 4 is 17.7 Å². The second kappa shape index (κ2) is 7.90. The highest BCUT2D eigenvalue weighted by Gasteiger charge is 2.34. The maximum atomic E-state index is 12.0. The lowest BCUT2D eigenvalue weighted by atomic mass is 10.2. The van der Waals surface area contributed by atoms with Crippen molar-refractivity contribution in [2.45, 2.75) is 45.4 Å². The van der Waals surface area contributed by atoms with E-state index < -0.39 is 0 Å². The van der Waals surface area contributed by atoms with Gasteiger partial charge in [-0.25, -0.2) is 0 Å². The molecule has 1 unspecified atom stereocenters. The molecule has 1 aliphatic rings. The topological polar surface area (TPSA) is 42.7 Å². The molecule has 2 rings (SSSR count). The van der Waals surface area contributed by atoms with Crippen LogP contribution in [0.4, 0.5) is 0 Å². The van der Waals surface area contributed by atoms with Crippen molar-refractivity contribution in [3.8, 4) is 0 Å². The average molecular weight is 311 g/mol. The molecule has 1 aromatic heterocycles. The Hall–Kier alpha value is -0.940. The maximum Gasteiger partial charge on any atom is 0.233 e. The second-order valence-corrected chi connectivity index (χ2v) is 6.53. The van der Waals surface area contributed by atoms with Crippen molar-refractivity contribution in [3.63, 3.8) is 0 Å². The van der Waals surface area contributed by atoms with Crippen molar-refractivity contribution in [2.24, 2.45) is 0 Å². The summed E-state index contributed by atoms with van der Waals surface area (Å²) in [5.74, 6) is 2.57. The molecule has 0 saturated carbocycles. The van der Waals surface area contributed by atoms with Crippen LogP contribution in [0.2, 0.25) is 0 Å². The van der Waals surface area contributed by atoms with E-state index in [1.807, 2.05) is 18.7 Å². The summed E-state index contributed by atoms with van der Waals surface area (Å²) >= 11 is 1.65. The van der Waals surface area contributed by atoms with E-state index in [1.165, 1.54) is 0 Å². The standard InChI is InChI=1S/C16H25NO3S/c1-4-5-8-19-9-6-7-17-15(18)11-21-16(17)14-10-12(2)13(3)20-14/h10,16H,4-9,11H2,1-3H3. The van der Waals surface area contributed by atoms with Crippen LogP contribution in [0, 0.1) is 13.8 Å². The summed E-state index contributed by atoms with van der Waals surface area (Å²) in [4.78, 5) is 14.0. The number of amides is 1. The fraction of sp³-hybridized carbons (Fsp3) is 0.688. The predicted molar refractivity (Wildman–Crippen MR) is 85.4 cm³/mol. The minimum atomic E-state index is 0.0283. The van der Waals surface area contributed by atoms with E-state index in [4.69, 9.17) is 9.15 Å². The highest BCUT2D eigenvalue weighted by Crippen LogP contribution is 2.39. The lowest BCUT2D eigenvalue weighted by Gasteiger charge is -2.22. The Morgan fingerprint density at radius 3 is 2.81 bits per heavy atom. The Kier molecular flexibility index (Phi) is 6.18. The van der Waals surface area contributed by atoms with Crippen LogP contribution >= 0.6 is 11.8 Å². The van der Waals surface area contributed by atoms with Gasteiger partial charge in [-0.1, -0.05) is 13.3 Å². The number of furan rings is 1. The molecule has 4 nitrogen and oxygen atoms in total. The molecule has 118 valence electrons. The first kappa shape index (κ1) is 16.4. The van der Waals surface area contributed by atoms with Crippen molar-refractivity contribution < 1.29 is 13.9 Å². The highest BCUT2D eigenvalue weighted by molar-refractivity contribution is 8.00. The van der Waals surface area contributed by atoms with Gasteiger partial charge in [-0.05, 0) is 38.3 Å². The molecule has 1 amide bonds. The molecule has 1 saturated heterocycles. The Labute approximate surface area is 131 Å². The van der Waals surface area contributed by atoms with Gasteiger partial charge in [-0.15, -0.1) is 11.8 Å². The molecule has 5 heteroatoms. The first-order valence-corrected chi connectivity index (χ1v) is 8.74. The molecular formula is C16H25NO3S. The molecule has 2 heterocycles. The summed E-state index contributed by atoms with van der Waals surface area (Å²) in [5.41, 5.74) is 1.15. The van der Waals surface area contributed by atoms with Gasteiger partial charge in [-0.3, -0.25) is 4.79 Å². The van der Waals surface area contributed by atoms with E-state index in [0.29, 0.717) is 5.75 Å². The third-order valence-corrected chi connectivity index (χ3v) is 4.94. The lowest BCUT2D eigenvalue weighted by Crippen LogP contribution is -2.29. The normalized spacial score (nSPS) is 18.7. The summed E-state index contributed by atoms with van der Waals surface area (Å²) in [6.07, 6.45) is 3.14. The molecular weight excluding hydrogens is 286 g/mol. The fourth-order valence-corrected chi connectivity index (χ4v) is 3.49. The minimum Gasteiger partial charge on any atom is -0.463 e. The number of thioether (sulfide) groups is 1. The summed E-state index contributed by atoms with van der Waals surface area (Å²) in [6, 6.07) is 2.05. The van der Waals surface area contributed by atoms with E-state index in [9.17, 15) is 4.79 Å². The monoisotopic (exact) mass is 311 g/mol. The van der Waals surface area contributed by atoms with Crippen LogP contribution in [0.5, 0.6) is 0 Å². The van der Waals surface area contributed by atoms with Gasteiger partial charge in [0.25, 0.3) is 0 Å². The maximum absolute atomic E-state index is 12.0. The van der Waals surface area contributed by atoms with Crippen molar-refractivity contribution in [2.75, 3.05) is 25.5 Å².